The summed E-state index contributed by atoms with van der Waals surface area (Å²) in [6, 6.07) is 21.1. The van der Waals surface area contributed by atoms with E-state index >= 15 is 0 Å². The molecule has 3 aromatic rings. The monoisotopic (exact) mass is 262 g/mol. The van der Waals surface area contributed by atoms with E-state index in [1.807, 2.05) is 12.1 Å². The minimum absolute atomic E-state index is 0.844. The van der Waals surface area contributed by atoms with Crippen LogP contribution in [-0.2, 0) is 6.54 Å². The molecule has 2 aromatic carbocycles. The van der Waals surface area contributed by atoms with Crippen LogP contribution in [0.15, 0.2) is 73.1 Å². The highest BCUT2D eigenvalue weighted by Gasteiger charge is 1.98. The zero-order chi connectivity index (χ0) is 13.8. The van der Waals surface area contributed by atoms with Crippen molar-refractivity contribution in [2.45, 2.75) is 13.5 Å². The van der Waals surface area contributed by atoms with Gasteiger partial charge in [0, 0.05) is 30.3 Å². The van der Waals surface area contributed by atoms with Gasteiger partial charge in [0.1, 0.15) is 0 Å². The van der Waals surface area contributed by atoms with Crippen molar-refractivity contribution in [1.29, 1.82) is 0 Å². The predicted molar refractivity (Wildman–Crippen MR) is 84.3 cm³/mol. The topological polar surface area (TPSA) is 17.0 Å². The summed E-state index contributed by atoms with van der Waals surface area (Å²) in [4.78, 5) is 0. The summed E-state index contributed by atoms with van der Waals surface area (Å²) in [6.45, 7) is 2.97. The van der Waals surface area contributed by atoms with Gasteiger partial charge in [0.2, 0.25) is 0 Å². The van der Waals surface area contributed by atoms with Gasteiger partial charge in [0.25, 0.3) is 0 Å². The van der Waals surface area contributed by atoms with Gasteiger partial charge in [-0.05, 0) is 42.8 Å². The smallest absolute Gasteiger partial charge is 0.0469 e. The summed E-state index contributed by atoms with van der Waals surface area (Å²) in [5, 5.41) is 3.48. The quantitative estimate of drug-likeness (QED) is 0.737. The molecular weight excluding hydrogens is 244 g/mol. The van der Waals surface area contributed by atoms with Gasteiger partial charge in [-0.3, -0.25) is 0 Å². The summed E-state index contributed by atoms with van der Waals surface area (Å²) >= 11 is 0. The molecule has 0 spiro atoms. The van der Waals surface area contributed by atoms with Gasteiger partial charge >= 0.3 is 0 Å². The lowest BCUT2D eigenvalue weighted by Crippen LogP contribution is -2.00. The first-order valence-corrected chi connectivity index (χ1v) is 6.84. The number of nitrogens with zero attached hydrogens (tertiary/aromatic N) is 1. The first-order chi connectivity index (χ1) is 9.81. The minimum Gasteiger partial charge on any atom is -0.381 e. The molecule has 0 aliphatic rings. The van der Waals surface area contributed by atoms with E-state index in [9.17, 15) is 0 Å². The number of hydrogen-bond donors (Lipinski definition) is 1. The molecule has 2 heteroatoms. The Morgan fingerprint density at radius 3 is 2.50 bits per heavy atom. The van der Waals surface area contributed by atoms with Gasteiger partial charge < -0.3 is 9.88 Å². The Hall–Kier alpha value is -2.48. The summed E-state index contributed by atoms with van der Waals surface area (Å²) in [6.07, 6.45) is 4.11. The first kappa shape index (κ1) is 12.5. The van der Waals surface area contributed by atoms with Crippen LogP contribution < -0.4 is 5.32 Å². The van der Waals surface area contributed by atoms with Crippen molar-refractivity contribution in [3.05, 3.63) is 84.2 Å². The third kappa shape index (κ3) is 2.91. The summed E-state index contributed by atoms with van der Waals surface area (Å²) < 4.78 is 2.11. The molecule has 100 valence electrons. The second-order valence-electron chi connectivity index (χ2n) is 4.98. The number of benzene rings is 2. The van der Waals surface area contributed by atoms with Gasteiger partial charge in [-0.25, -0.2) is 0 Å². The van der Waals surface area contributed by atoms with E-state index in [1.54, 1.807) is 0 Å². The molecule has 2 nitrogen and oxygen atoms in total. The first-order valence-electron chi connectivity index (χ1n) is 6.84. The number of hydrogen-bond acceptors (Lipinski definition) is 1. The van der Waals surface area contributed by atoms with Crippen molar-refractivity contribution >= 4 is 5.69 Å². The Labute approximate surface area is 119 Å². The Bertz CT molecular complexity index is 684. The number of anilines is 1. The third-order valence-electron chi connectivity index (χ3n) is 3.33. The molecule has 20 heavy (non-hydrogen) atoms. The van der Waals surface area contributed by atoms with Crippen molar-refractivity contribution in [3.8, 4) is 5.69 Å². The lowest BCUT2D eigenvalue weighted by Gasteiger charge is -2.09. The highest BCUT2D eigenvalue weighted by molar-refractivity contribution is 5.51. The van der Waals surface area contributed by atoms with Crippen molar-refractivity contribution < 1.29 is 0 Å². The summed E-state index contributed by atoms with van der Waals surface area (Å²) in [7, 11) is 0. The maximum Gasteiger partial charge on any atom is 0.0469 e. The van der Waals surface area contributed by atoms with Crippen LogP contribution in [0.4, 0.5) is 5.69 Å². The maximum atomic E-state index is 3.48. The molecule has 3 rings (SSSR count). The average molecular weight is 262 g/mol. The molecule has 0 fully saturated rings. The zero-order valence-electron chi connectivity index (χ0n) is 11.6. The van der Waals surface area contributed by atoms with E-state index in [1.165, 1.54) is 16.8 Å². The fourth-order valence-corrected chi connectivity index (χ4v) is 2.31. The van der Waals surface area contributed by atoms with Gasteiger partial charge in [-0.2, -0.15) is 0 Å². The molecule has 1 N–H and O–H groups in total. The summed E-state index contributed by atoms with van der Waals surface area (Å²) in [5.41, 5.74) is 4.91. The fraction of sp³-hybridized carbons (Fsp3) is 0.111. The molecule has 0 unspecified atom stereocenters. The molecule has 0 radical (unpaired) electrons. The number of rotatable bonds is 4. The maximum absolute atomic E-state index is 3.48. The van der Waals surface area contributed by atoms with Crippen LogP contribution in [0.2, 0.25) is 0 Å². The molecule has 0 aliphatic heterocycles. The van der Waals surface area contributed by atoms with E-state index in [2.05, 4.69) is 77.7 Å². The second kappa shape index (κ2) is 5.66. The number of aromatic nitrogens is 1. The van der Waals surface area contributed by atoms with Gasteiger partial charge in [-0.1, -0.05) is 35.9 Å². The summed E-state index contributed by atoms with van der Waals surface area (Å²) in [5.74, 6) is 0. The highest BCUT2D eigenvalue weighted by Crippen LogP contribution is 2.16. The van der Waals surface area contributed by atoms with Crippen molar-refractivity contribution in [2.24, 2.45) is 0 Å². The van der Waals surface area contributed by atoms with Crippen molar-refractivity contribution in [1.82, 2.24) is 4.57 Å². The second-order valence-corrected chi connectivity index (χ2v) is 4.98. The highest BCUT2D eigenvalue weighted by atomic mass is 14.9. The Kier molecular flexibility index (Phi) is 3.55. The molecule has 0 amide bonds. The molecule has 0 atom stereocenters. The normalized spacial score (nSPS) is 10.4. The number of nitrogens with one attached hydrogen (secondary N) is 1. The standard InChI is InChI=1S/C18H18N2/c1-15-6-4-7-16(12-15)14-19-17-8-5-9-18(13-17)20-10-2-3-11-20/h2-13,19H,14H2,1H3. The fourth-order valence-electron chi connectivity index (χ4n) is 2.31. The molecule has 0 bridgehead atoms. The number of aryl methyl sites for hydroxylation is 1. The SMILES string of the molecule is Cc1cccc(CNc2cccc(-n3cccc3)c2)c1. The van der Waals surface area contributed by atoms with Gasteiger partial charge in [0.05, 0.1) is 0 Å². The molecule has 0 aliphatic carbocycles. The Morgan fingerprint density at radius 1 is 0.900 bits per heavy atom. The Morgan fingerprint density at radius 2 is 1.70 bits per heavy atom. The van der Waals surface area contributed by atoms with Crippen LogP contribution >= 0.6 is 0 Å². The average Bonchev–Trinajstić information content (AvgIpc) is 3.00. The van der Waals surface area contributed by atoms with Crippen LogP contribution in [0.25, 0.3) is 5.69 Å². The third-order valence-corrected chi connectivity index (χ3v) is 3.33. The zero-order valence-corrected chi connectivity index (χ0v) is 11.6. The van der Waals surface area contributed by atoms with Crippen LogP contribution in [0, 0.1) is 6.92 Å². The molecule has 0 saturated heterocycles. The van der Waals surface area contributed by atoms with Crippen molar-refractivity contribution in [3.63, 3.8) is 0 Å². The van der Waals surface area contributed by atoms with Gasteiger partial charge in [0.15, 0.2) is 0 Å². The van der Waals surface area contributed by atoms with E-state index in [4.69, 9.17) is 0 Å². The van der Waals surface area contributed by atoms with E-state index < -0.39 is 0 Å². The molecular formula is C18H18N2. The Balaban J connectivity index is 1.73. The van der Waals surface area contributed by atoms with E-state index in [0.717, 1.165) is 12.2 Å². The minimum atomic E-state index is 0.844. The largest absolute Gasteiger partial charge is 0.381 e. The van der Waals surface area contributed by atoms with E-state index in [-0.39, 0.29) is 0 Å². The molecule has 1 aromatic heterocycles. The van der Waals surface area contributed by atoms with E-state index in [0.29, 0.717) is 0 Å². The lowest BCUT2D eigenvalue weighted by atomic mass is 10.1. The predicted octanol–water partition coefficient (Wildman–Crippen LogP) is 4.40. The van der Waals surface area contributed by atoms with Crippen LogP contribution in [0.3, 0.4) is 0 Å². The van der Waals surface area contributed by atoms with Gasteiger partial charge in [-0.15, -0.1) is 0 Å². The molecule has 1 heterocycles. The molecule has 0 saturated carbocycles. The van der Waals surface area contributed by atoms with Crippen LogP contribution in [-0.4, -0.2) is 4.57 Å². The lowest BCUT2D eigenvalue weighted by molar-refractivity contribution is 1.07. The van der Waals surface area contributed by atoms with Crippen LogP contribution in [0.5, 0.6) is 0 Å². The van der Waals surface area contributed by atoms with Crippen molar-refractivity contribution in [2.75, 3.05) is 5.32 Å². The van der Waals surface area contributed by atoms with Crippen LogP contribution in [0.1, 0.15) is 11.1 Å².